The summed E-state index contributed by atoms with van der Waals surface area (Å²) in [6.07, 6.45) is 1.85. The van der Waals surface area contributed by atoms with Crippen LogP contribution in [0.25, 0.3) is 0 Å². The molecular weight excluding hydrogens is 348 g/mol. The number of rotatable bonds is 4. The quantitative estimate of drug-likeness (QED) is 0.495. The van der Waals surface area contributed by atoms with Gasteiger partial charge in [0.15, 0.2) is 5.78 Å². The van der Waals surface area contributed by atoms with Crippen molar-refractivity contribution in [2.75, 3.05) is 6.61 Å². The van der Waals surface area contributed by atoms with Gasteiger partial charge in [-0.05, 0) is 39.2 Å². The summed E-state index contributed by atoms with van der Waals surface area (Å²) >= 11 is 0. The smallest absolute Gasteiger partial charge is 0.336 e. The maximum Gasteiger partial charge on any atom is 0.336 e. The van der Waals surface area contributed by atoms with Gasteiger partial charge in [0.1, 0.15) is 0 Å². The third kappa shape index (κ3) is 3.37. The van der Waals surface area contributed by atoms with Crippen molar-refractivity contribution < 1.29 is 19.2 Å². The zero-order valence-electron chi connectivity index (χ0n) is 15.6. The molecule has 7 nitrogen and oxygen atoms in total. The maximum absolute atomic E-state index is 12.7. The Kier molecular flexibility index (Phi) is 5.12. The molecule has 0 aromatic heterocycles. The number of nitrogens with zero attached hydrogens (tertiary/aromatic N) is 1. The Bertz CT molecular complexity index is 898. The number of carbonyl (C=O) groups is 2. The van der Waals surface area contributed by atoms with Crippen LogP contribution in [-0.2, 0) is 14.3 Å². The van der Waals surface area contributed by atoms with Gasteiger partial charge >= 0.3 is 5.97 Å². The minimum atomic E-state index is -0.660. The molecule has 7 heteroatoms. The Morgan fingerprint density at radius 1 is 1.33 bits per heavy atom. The lowest BCUT2D eigenvalue weighted by atomic mass is 9.75. The lowest BCUT2D eigenvalue weighted by Crippen LogP contribution is -2.34. The zero-order chi connectivity index (χ0) is 19.7. The minimum Gasteiger partial charge on any atom is -0.463 e. The van der Waals surface area contributed by atoms with Gasteiger partial charge in [-0.3, -0.25) is 14.9 Å². The highest BCUT2D eigenvalue weighted by Crippen LogP contribution is 2.43. The molecule has 0 bridgehead atoms. The van der Waals surface area contributed by atoms with E-state index in [2.05, 4.69) is 5.32 Å². The molecule has 1 aromatic rings. The summed E-state index contributed by atoms with van der Waals surface area (Å²) in [5.41, 5.74) is 3.33. The van der Waals surface area contributed by atoms with E-state index in [9.17, 15) is 19.7 Å². The molecule has 27 heavy (non-hydrogen) atoms. The van der Waals surface area contributed by atoms with Gasteiger partial charge in [0.25, 0.3) is 5.69 Å². The van der Waals surface area contributed by atoms with Gasteiger partial charge in [-0.15, -0.1) is 0 Å². The normalized spacial score (nSPS) is 19.5. The molecule has 0 amide bonds. The second-order valence-corrected chi connectivity index (χ2v) is 6.79. The molecule has 0 saturated carbocycles. The van der Waals surface area contributed by atoms with Gasteiger partial charge in [-0.1, -0.05) is 12.1 Å². The number of benzene rings is 1. The van der Waals surface area contributed by atoms with Crippen LogP contribution in [0.1, 0.15) is 50.2 Å². The van der Waals surface area contributed by atoms with Crippen LogP contribution in [0.4, 0.5) is 5.69 Å². The van der Waals surface area contributed by atoms with E-state index in [1.807, 2.05) is 0 Å². The van der Waals surface area contributed by atoms with Gasteiger partial charge in [0.05, 0.1) is 17.1 Å². The van der Waals surface area contributed by atoms with Crippen molar-refractivity contribution in [2.24, 2.45) is 0 Å². The SMILES string of the molecule is CCOC(=O)C1=C(C)NC2=C(C(=O)CCC2)[C@@H]1c1ccc(C)c([N+](=O)[O-])c1. The van der Waals surface area contributed by atoms with Gasteiger partial charge in [-0.2, -0.15) is 0 Å². The molecule has 0 saturated heterocycles. The summed E-state index contributed by atoms with van der Waals surface area (Å²) in [7, 11) is 0. The van der Waals surface area contributed by atoms with Crippen molar-refractivity contribution in [2.45, 2.75) is 46.0 Å². The molecule has 1 atom stereocenters. The van der Waals surface area contributed by atoms with Crippen LogP contribution in [0.5, 0.6) is 0 Å². The van der Waals surface area contributed by atoms with Gasteiger partial charge in [-0.25, -0.2) is 4.79 Å². The highest BCUT2D eigenvalue weighted by atomic mass is 16.6. The molecule has 0 spiro atoms. The average molecular weight is 370 g/mol. The third-order valence-electron chi connectivity index (χ3n) is 5.03. The first-order valence-corrected chi connectivity index (χ1v) is 9.01. The highest BCUT2D eigenvalue weighted by Gasteiger charge is 2.39. The fourth-order valence-corrected chi connectivity index (χ4v) is 3.80. The van der Waals surface area contributed by atoms with E-state index in [1.54, 1.807) is 32.9 Å². The second-order valence-electron chi connectivity index (χ2n) is 6.79. The molecule has 3 rings (SSSR count). The van der Waals surface area contributed by atoms with E-state index < -0.39 is 16.8 Å². The number of nitrogens with one attached hydrogen (secondary N) is 1. The fourth-order valence-electron chi connectivity index (χ4n) is 3.80. The monoisotopic (exact) mass is 370 g/mol. The first-order valence-electron chi connectivity index (χ1n) is 9.01. The molecule has 1 aromatic carbocycles. The number of hydrogen-bond donors (Lipinski definition) is 1. The topological polar surface area (TPSA) is 98.5 Å². The second kappa shape index (κ2) is 7.34. The van der Waals surface area contributed by atoms with Gasteiger partial charge < -0.3 is 10.1 Å². The van der Waals surface area contributed by atoms with Crippen molar-refractivity contribution in [3.8, 4) is 0 Å². The third-order valence-corrected chi connectivity index (χ3v) is 5.03. The van der Waals surface area contributed by atoms with E-state index in [1.165, 1.54) is 6.07 Å². The number of hydrogen-bond acceptors (Lipinski definition) is 6. The number of dihydropyridines is 1. The summed E-state index contributed by atoms with van der Waals surface area (Å²) < 4.78 is 5.22. The van der Waals surface area contributed by atoms with Crippen molar-refractivity contribution in [3.05, 3.63) is 62.0 Å². The lowest BCUT2D eigenvalue weighted by Gasteiger charge is -2.34. The van der Waals surface area contributed by atoms with Crippen LogP contribution < -0.4 is 5.32 Å². The summed E-state index contributed by atoms with van der Waals surface area (Å²) in [4.78, 5) is 36.3. The molecule has 1 aliphatic heterocycles. The Morgan fingerprint density at radius 2 is 2.07 bits per heavy atom. The lowest BCUT2D eigenvalue weighted by molar-refractivity contribution is -0.385. The van der Waals surface area contributed by atoms with Crippen molar-refractivity contribution in [1.29, 1.82) is 0 Å². The fraction of sp³-hybridized carbons (Fsp3) is 0.400. The molecule has 0 fully saturated rings. The summed E-state index contributed by atoms with van der Waals surface area (Å²) in [6.45, 7) is 5.35. The molecular formula is C20H22N2O5. The van der Waals surface area contributed by atoms with Crippen LogP contribution >= 0.6 is 0 Å². The Labute approximate surface area is 157 Å². The van der Waals surface area contributed by atoms with E-state index in [0.29, 0.717) is 40.8 Å². The number of nitro benzene ring substituents is 1. The number of carbonyl (C=O) groups excluding carboxylic acids is 2. The molecule has 142 valence electrons. The molecule has 1 N–H and O–H groups in total. The largest absolute Gasteiger partial charge is 0.463 e. The van der Waals surface area contributed by atoms with Gasteiger partial charge in [0, 0.05) is 40.9 Å². The summed E-state index contributed by atoms with van der Waals surface area (Å²) in [6, 6.07) is 4.86. The van der Waals surface area contributed by atoms with E-state index in [4.69, 9.17) is 4.74 Å². The molecule has 0 radical (unpaired) electrons. The van der Waals surface area contributed by atoms with Gasteiger partial charge in [0.2, 0.25) is 0 Å². The predicted molar refractivity (Wildman–Crippen MR) is 98.9 cm³/mol. The maximum atomic E-state index is 12.7. The first kappa shape index (κ1) is 18.8. The van der Waals surface area contributed by atoms with Crippen molar-refractivity contribution >= 4 is 17.4 Å². The van der Waals surface area contributed by atoms with E-state index in [0.717, 1.165) is 12.1 Å². The van der Waals surface area contributed by atoms with E-state index >= 15 is 0 Å². The number of esters is 1. The Hall–Kier alpha value is -2.96. The Morgan fingerprint density at radius 3 is 2.74 bits per heavy atom. The minimum absolute atomic E-state index is 0.0303. The van der Waals surface area contributed by atoms with Crippen LogP contribution in [-0.4, -0.2) is 23.3 Å². The van der Waals surface area contributed by atoms with Crippen LogP contribution in [0.2, 0.25) is 0 Å². The molecule has 1 aliphatic carbocycles. The number of nitro groups is 1. The predicted octanol–water partition coefficient (Wildman–Crippen LogP) is 3.43. The van der Waals surface area contributed by atoms with E-state index in [-0.39, 0.29) is 18.1 Å². The van der Waals surface area contributed by atoms with Crippen molar-refractivity contribution in [3.63, 3.8) is 0 Å². The van der Waals surface area contributed by atoms with Crippen LogP contribution in [0.3, 0.4) is 0 Å². The zero-order valence-corrected chi connectivity index (χ0v) is 15.6. The molecule has 1 heterocycles. The number of ether oxygens (including phenoxy) is 1. The number of Topliss-reactive ketones (excluding diaryl/α,β-unsaturated/α-hetero) is 1. The van der Waals surface area contributed by atoms with Crippen LogP contribution in [0, 0.1) is 17.0 Å². The summed E-state index contributed by atoms with van der Waals surface area (Å²) in [5, 5.41) is 14.6. The average Bonchev–Trinajstić information content (AvgIpc) is 2.61. The number of ketones is 1. The van der Waals surface area contributed by atoms with Crippen molar-refractivity contribution in [1.82, 2.24) is 5.32 Å². The molecule has 0 unspecified atom stereocenters. The number of aryl methyl sites for hydroxylation is 1. The standard InChI is InChI=1S/C20H22N2O5/c1-4-27-20(24)17-12(3)21-14-6-5-7-16(23)19(14)18(17)13-9-8-11(2)15(10-13)22(25)26/h8-10,18,21H,4-7H2,1-3H3/t18-/m1/s1. The summed E-state index contributed by atoms with van der Waals surface area (Å²) in [5.74, 6) is -1.21. The Balaban J connectivity index is 2.21. The number of allylic oxidation sites excluding steroid dienone is 3. The van der Waals surface area contributed by atoms with Crippen LogP contribution in [0.15, 0.2) is 40.7 Å². The first-order chi connectivity index (χ1) is 12.8. The highest BCUT2D eigenvalue weighted by molar-refractivity contribution is 6.03. The molecule has 2 aliphatic rings.